The van der Waals surface area contributed by atoms with Gasteiger partial charge in [0.15, 0.2) is 0 Å². The van der Waals surface area contributed by atoms with Crippen molar-refractivity contribution in [3.8, 4) is 11.1 Å². The first-order valence-corrected chi connectivity index (χ1v) is 8.84. The Morgan fingerprint density at radius 1 is 1.04 bits per heavy atom. The molecular weight excluding hydrogens is 306 g/mol. The summed E-state index contributed by atoms with van der Waals surface area (Å²) in [6.45, 7) is 4.51. The molecule has 2 aromatic carbocycles. The Labute approximate surface area is 148 Å². The lowest BCUT2D eigenvalue weighted by molar-refractivity contribution is 0.382. The molecule has 0 bridgehead atoms. The quantitative estimate of drug-likeness (QED) is 0.506. The molecule has 0 saturated heterocycles. The first kappa shape index (κ1) is 14.5. The molecule has 0 fully saturated rings. The van der Waals surface area contributed by atoms with Crippen molar-refractivity contribution in [2.75, 3.05) is 11.9 Å². The molecule has 1 aliphatic carbocycles. The second-order valence-electron chi connectivity index (χ2n) is 7.05. The fourth-order valence-corrected chi connectivity index (χ4v) is 4.35. The molecule has 2 aliphatic rings. The van der Waals surface area contributed by atoms with Gasteiger partial charge in [-0.15, -0.1) is 0 Å². The van der Waals surface area contributed by atoms with Gasteiger partial charge in [0, 0.05) is 37.6 Å². The number of hydrogen-bond acceptors (Lipinski definition) is 3. The molecule has 1 aromatic heterocycles. The van der Waals surface area contributed by atoms with Crippen LogP contribution < -0.4 is 4.90 Å². The minimum Gasteiger partial charge on any atom is -0.359 e. The third kappa shape index (κ3) is 1.89. The lowest BCUT2D eigenvalue weighted by Crippen LogP contribution is -2.34. The number of aryl methyl sites for hydroxylation is 1. The zero-order chi connectivity index (χ0) is 17.1. The predicted molar refractivity (Wildman–Crippen MR) is 104 cm³/mol. The van der Waals surface area contributed by atoms with Gasteiger partial charge in [0.1, 0.15) is 6.17 Å². The molecule has 3 nitrogen and oxygen atoms in total. The summed E-state index contributed by atoms with van der Waals surface area (Å²) in [6, 6.07) is 13.0. The van der Waals surface area contributed by atoms with Crippen molar-refractivity contribution in [1.29, 1.82) is 0 Å². The van der Waals surface area contributed by atoms with E-state index >= 15 is 0 Å². The van der Waals surface area contributed by atoms with Crippen LogP contribution in [0, 0.1) is 6.92 Å². The van der Waals surface area contributed by atoms with E-state index < -0.39 is 0 Å². The van der Waals surface area contributed by atoms with Gasteiger partial charge in [-0.25, -0.2) is 0 Å². The van der Waals surface area contributed by atoms with Gasteiger partial charge in [0.25, 0.3) is 0 Å². The lowest BCUT2D eigenvalue weighted by atomic mass is 9.92. The summed E-state index contributed by atoms with van der Waals surface area (Å²) in [5.74, 6) is 0. The van der Waals surface area contributed by atoms with Crippen LogP contribution in [0.3, 0.4) is 0 Å². The Balaban J connectivity index is 1.88. The van der Waals surface area contributed by atoms with Crippen LogP contribution in [0.5, 0.6) is 0 Å². The normalized spacial score (nSPS) is 18.1. The van der Waals surface area contributed by atoms with E-state index in [1.165, 1.54) is 44.4 Å². The number of hydrogen-bond donors (Lipinski definition) is 0. The van der Waals surface area contributed by atoms with Crippen molar-refractivity contribution in [3.63, 3.8) is 0 Å². The number of benzene rings is 2. The summed E-state index contributed by atoms with van der Waals surface area (Å²) in [5, 5.41) is 2.68. The highest BCUT2D eigenvalue weighted by Gasteiger charge is 2.31. The van der Waals surface area contributed by atoms with Crippen LogP contribution in [0.2, 0.25) is 0 Å². The Bertz CT molecular complexity index is 1030. The predicted octanol–water partition coefficient (Wildman–Crippen LogP) is 4.68. The molecule has 0 saturated carbocycles. The molecule has 3 heteroatoms. The van der Waals surface area contributed by atoms with Crippen LogP contribution in [0.15, 0.2) is 55.0 Å². The van der Waals surface area contributed by atoms with Crippen LogP contribution in [-0.4, -0.2) is 23.1 Å². The molecule has 0 radical (unpaired) electrons. The first-order chi connectivity index (χ1) is 12.2. The molecule has 0 amide bonds. The fourth-order valence-electron chi connectivity index (χ4n) is 4.35. The van der Waals surface area contributed by atoms with E-state index in [1.54, 1.807) is 0 Å². The van der Waals surface area contributed by atoms with Crippen molar-refractivity contribution in [3.05, 3.63) is 71.8 Å². The molecular formula is C22H21N3. The number of fused-ring (bicyclic) bond motifs is 5. The monoisotopic (exact) mass is 327 g/mol. The van der Waals surface area contributed by atoms with E-state index in [-0.39, 0.29) is 0 Å². The number of pyridine rings is 1. The molecule has 124 valence electrons. The summed E-state index contributed by atoms with van der Waals surface area (Å²) >= 11 is 0. The van der Waals surface area contributed by atoms with E-state index in [9.17, 15) is 0 Å². The summed E-state index contributed by atoms with van der Waals surface area (Å²) < 4.78 is 0. The average Bonchev–Trinajstić information content (AvgIpc) is 3.17. The third-order valence-corrected chi connectivity index (χ3v) is 5.76. The molecule has 1 aliphatic heterocycles. The van der Waals surface area contributed by atoms with E-state index in [0.29, 0.717) is 6.17 Å². The maximum absolute atomic E-state index is 4.67. The molecule has 2 heterocycles. The summed E-state index contributed by atoms with van der Waals surface area (Å²) in [6.07, 6.45) is 7.50. The van der Waals surface area contributed by atoms with Gasteiger partial charge in [-0.2, -0.15) is 0 Å². The van der Waals surface area contributed by atoms with Crippen molar-refractivity contribution in [1.82, 2.24) is 9.88 Å². The minimum absolute atomic E-state index is 0.320. The highest BCUT2D eigenvalue weighted by molar-refractivity contribution is 6.06. The van der Waals surface area contributed by atoms with E-state index in [0.717, 1.165) is 6.42 Å². The van der Waals surface area contributed by atoms with Gasteiger partial charge in [-0.3, -0.25) is 4.98 Å². The molecule has 0 unspecified atom stereocenters. The second-order valence-corrected chi connectivity index (χ2v) is 7.05. The lowest BCUT2D eigenvalue weighted by Gasteiger charge is -2.31. The van der Waals surface area contributed by atoms with Gasteiger partial charge in [-0.05, 0) is 47.4 Å². The van der Waals surface area contributed by atoms with Crippen LogP contribution in [0.4, 0.5) is 5.69 Å². The Hall–Kier alpha value is -2.81. The second kappa shape index (κ2) is 5.09. The van der Waals surface area contributed by atoms with Gasteiger partial charge in [0.2, 0.25) is 0 Å². The van der Waals surface area contributed by atoms with Gasteiger partial charge < -0.3 is 9.80 Å². The molecule has 0 N–H and O–H groups in total. The molecule has 25 heavy (non-hydrogen) atoms. The molecule has 5 rings (SSSR count). The SMILES string of the molecule is Cc1c(N2C=CN(C)[C@@H]2C)c2c(c3ccccc13)-c1cccnc1C2. The number of anilines is 1. The van der Waals surface area contributed by atoms with Crippen LogP contribution >= 0.6 is 0 Å². The topological polar surface area (TPSA) is 19.4 Å². The highest BCUT2D eigenvalue weighted by Crippen LogP contribution is 2.48. The van der Waals surface area contributed by atoms with Crippen LogP contribution in [0.25, 0.3) is 21.9 Å². The standard InChI is InChI=1S/C22H21N3/c1-14-16-7-4-5-8-17(16)21-18-9-6-10-23-20(18)13-19(21)22(14)25-12-11-24(3)15(25)2/h4-12,15H,13H2,1-3H3/t15-/m0/s1. The maximum Gasteiger partial charge on any atom is 0.102 e. The van der Waals surface area contributed by atoms with E-state index in [4.69, 9.17) is 0 Å². The number of aromatic nitrogens is 1. The number of nitrogens with zero attached hydrogens (tertiary/aromatic N) is 3. The largest absolute Gasteiger partial charge is 0.359 e. The zero-order valence-corrected chi connectivity index (χ0v) is 14.8. The smallest absolute Gasteiger partial charge is 0.102 e. The van der Waals surface area contributed by atoms with Crippen molar-refractivity contribution < 1.29 is 0 Å². The molecule has 3 aromatic rings. The molecule has 1 atom stereocenters. The molecule has 0 spiro atoms. The average molecular weight is 327 g/mol. The zero-order valence-electron chi connectivity index (χ0n) is 14.8. The van der Waals surface area contributed by atoms with Crippen LogP contribution in [-0.2, 0) is 6.42 Å². The van der Waals surface area contributed by atoms with Crippen molar-refractivity contribution in [2.45, 2.75) is 26.4 Å². The van der Waals surface area contributed by atoms with Crippen LogP contribution in [0.1, 0.15) is 23.7 Å². The first-order valence-electron chi connectivity index (χ1n) is 8.84. The maximum atomic E-state index is 4.67. The summed E-state index contributed by atoms with van der Waals surface area (Å²) in [7, 11) is 2.13. The summed E-state index contributed by atoms with van der Waals surface area (Å²) in [4.78, 5) is 9.33. The van der Waals surface area contributed by atoms with Gasteiger partial charge in [-0.1, -0.05) is 30.3 Å². The Morgan fingerprint density at radius 3 is 2.60 bits per heavy atom. The third-order valence-electron chi connectivity index (χ3n) is 5.76. The van der Waals surface area contributed by atoms with Gasteiger partial charge >= 0.3 is 0 Å². The summed E-state index contributed by atoms with van der Waals surface area (Å²) in [5.41, 5.74) is 7.97. The van der Waals surface area contributed by atoms with E-state index in [1.807, 2.05) is 12.3 Å². The number of rotatable bonds is 1. The Morgan fingerprint density at radius 2 is 1.84 bits per heavy atom. The van der Waals surface area contributed by atoms with Crippen molar-refractivity contribution in [2.24, 2.45) is 0 Å². The Kier molecular flexibility index (Phi) is 2.96. The highest BCUT2D eigenvalue weighted by atomic mass is 15.4. The van der Waals surface area contributed by atoms with E-state index in [2.05, 4.69) is 78.4 Å². The fraction of sp³-hybridized carbons (Fsp3) is 0.227. The van der Waals surface area contributed by atoms with Crippen molar-refractivity contribution >= 4 is 16.5 Å². The minimum atomic E-state index is 0.320. The van der Waals surface area contributed by atoms with Gasteiger partial charge in [0.05, 0.1) is 11.4 Å².